The van der Waals surface area contributed by atoms with Crippen LogP contribution in [0.15, 0.2) is 33.6 Å². The van der Waals surface area contributed by atoms with Crippen LogP contribution < -0.4 is 0 Å². The summed E-state index contributed by atoms with van der Waals surface area (Å²) in [5.41, 5.74) is 0.969. The zero-order valence-electron chi connectivity index (χ0n) is 11.7. The summed E-state index contributed by atoms with van der Waals surface area (Å²) < 4.78 is 0.804. The molecule has 2 aromatic rings. The Morgan fingerprint density at radius 3 is 2.43 bits per heavy atom. The smallest absolute Gasteiger partial charge is 0.147 e. The Balaban J connectivity index is 2.12. The fourth-order valence-electron chi connectivity index (χ4n) is 1.78. The number of benzene rings is 1. The average molecular weight is 406 g/mol. The predicted octanol–water partition coefficient (Wildman–Crippen LogP) is 6.04. The number of hydrogen-bond donors (Lipinski definition) is 0. The molecule has 0 spiro atoms. The Morgan fingerprint density at radius 2 is 1.81 bits per heavy atom. The number of nitrogens with zero attached hydrogens (tertiary/aromatic N) is 2. The summed E-state index contributed by atoms with van der Waals surface area (Å²) in [6, 6.07) is 7.73. The molecule has 0 saturated carbocycles. The SMILES string of the molecule is CC(C)Cc1nc(CSc2ccc(Cl)cc2)nc(Cl)c1Br. The molecule has 0 aliphatic carbocycles. The van der Waals surface area contributed by atoms with Crippen LogP contribution in [-0.4, -0.2) is 9.97 Å². The number of rotatable bonds is 5. The van der Waals surface area contributed by atoms with Crippen molar-refractivity contribution in [1.29, 1.82) is 0 Å². The zero-order valence-corrected chi connectivity index (χ0v) is 15.7. The van der Waals surface area contributed by atoms with Gasteiger partial charge in [-0.3, -0.25) is 0 Å². The molecule has 1 aromatic heterocycles. The molecule has 0 saturated heterocycles. The fourth-order valence-corrected chi connectivity index (χ4v) is 3.20. The van der Waals surface area contributed by atoms with Gasteiger partial charge in [-0.2, -0.15) is 0 Å². The number of thioether (sulfide) groups is 1. The van der Waals surface area contributed by atoms with Crippen molar-refractivity contribution >= 4 is 50.9 Å². The summed E-state index contributed by atoms with van der Waals surface area (Å²) in [4.78, 5) is 10.1. The van der Waals surface area contributed by atoms with Crippen LogP contribution in [0.2, 0.25) is 10.2 Å². The van der Waals surface area contributed by atoms with E-state index in [-0.39, 0.29) is 0 Å². The summed E-state index contributed by atoms with van der Waals surface area (Å²) in [7, 11) is 0. The lowest BCUT2D eigenvalue weighted by Gasteiger charge is -2.10. The van der Waals surface area contributed by atoms with E-state index in [1.807, 2.05) is 24.3 Å². The van der Waals surface area contributed by atoms with E-state index < -0.39 is 0 Å². The molecule has 0 fully saturated rings. The maximum atomic E-state index is 6.18. The predicted molar refractivity (Wildman–Crippen MR) is 94.3 cm³/mol. The molecule has 0 bridgehead atoms. The van der Waals surface area contributed by atoms with Crippen LogP contribution >= 0.6 is 50.9 Å². The van der Waals surface area contributed by atoms with Crippen molar-refractivity contribution in [2.75, 3.05) is 0 Å². The van der Waals surface area contributed by atoms with Crippen molar-refractivity contribution < 1.29 is 0 Å². The highest BCUT2D eigenvalue weighted by Gasteiger charge is 2.12. The van der Waals surface area contributed by atoms with Gasteiger partial charge >= 0.3 is 0 Å². The Morgan fingerprint density at radius 1 is 1.14 bits per heavy atom. The van der Waals surface area contributed by atoms with E-state index in [2.05, 4.69) is 39.7 Å². The van der Waals surface area contributed by atoms with E-state index in [4.69, 9.17) is 23.2 Å². The molecule has 112 valence electrons. The van der Waals surface area contributed by atoms with Crippen LogP contribution in [0, 0.1) is 5.92 Å². The number of hydrogen-bond acceptors (Lipinski definition) is 3. The van der Waals surface area contributed by atoms with Crippen molar-refractivity contribution in [1.82, 2.24) is 9.97 Å². The quantitative estimate of drug-likeness (QED) is 0.448. The summed E-state index contributed by atoms with van der Waals surface area (Å²) in [5, 5.41) is 1.22. The standard InChI is InChI=1S/C15H15BrCl2N2S/c1-9(2)7-12-14(16)15(18)20-13(19-12)8-21-11-5-3-10(17)4-6-11/h3-6,9H,7-8H2,1-2H3. The largest absolute Gasteiger partial charge is 0.236 e. The molecule has 0 aliphatic rings. The summed E-state index contributed by atoms with van der Waals surface area (Å²) in [6.45, 7) is 4.31. The van der Waals surface area contributed by atoms with Gasteiger partial charge in [-0.1, -0.05) is 37.0 Å². The highest BCUT2D eigenvalue weighted by molar-refractivity contribution is 9.10. The van der Waals surface area contributed by atoms with Crippen LogP contribution in [0.4, 0.5) is 0 Å². The first-order valence-corrected chi connectivity index (χ1v) is 9.08. The van der Waals surface area contributed by atoms with E-state index in [1.165, 1.54) is 0 Å². The molecule has 6 heteroatoms. The van der Waals surface area contributed by atoms with E-state index in [0.717, 1.165) is 32.3 Å². The van der Waals surface area contributed by atoms with Crippen LogP contribution in [-0.2, 0) is 12.2 Å². The van der Waals surface area contributed by atoms with Crippen LogP contribution in [0.1, 0.15) is 25.4 Å². The summed E-state index contributed by atoms with van der Waals surface area (Å²) in [6.07, 6.45) is 0.876. The topological polar surface area (TPSA) is 25.8 Å². The van der Waals surface area contributed by atoms with Gasteiger partial charge in [0.05, 0.1) is 15.9 Å². The normalized spacial score (nSPS) is 11.1. The number of halogens is 3. The highest BCUT2D eigenvalue weighted by Crippen LogP contribution is 2.28. The molecular formula is C15H15BrCl2N2S. The third-order valence-electron chi connectivity index (χ3n) is 2.71. The minimum absolute atomic E-state index is 0.479. The number of aromatic nitrogens is 2. The first kappa shape index (κ1) is 17.1. The lowest BCUT2D eigenvalue weighted by Crippen LogP contribution is -2.04. The average Bonchev–Trinajstić information content (AvgIpc) is 2.43. The molecule has 21 heavy (non-hydrogen) atoms. The Labute approximate surface area is 147 Å². The van der Waals surface area contributed by atoms with E-state index in [0.29, 0.717) is 16.8 Å². The molecule has 0 atom stereocenters. The van der Waals surface area contributed by atoms with E-state index >= 15 is 0 Å². The molecule has 2 rings (SSSR count). The van der Waals surface area contributed by atoms with Gasteiger partial charge in [0.1, 0.15) is 11.0 Å². The molecule has 1 aromatic carbocycles. The van der Waals surface area contributed by atoms with Crippen molar-refractivity contribution in [3.05, 3.63) is 50.4 Å². The molecule has 1 heterocycles. The molecule has 0 aliphatic heterocycles. The Kier molecular flexibility index (Phi) is 6.35. The van der Waals surface area contributed by atoms with Crippen LogP contribution in [0.25, 0.3) is 0 Å². The van der Waals surface area contributed by atoms with Gasteiger partial charge in [-0.05, 0) is 52.5 Å². The van der Waals surface area contributed by atoms with Gasteiger partial charge in [-0.15, -0.1) is 11.8 Å². The van der Waals surface area contributed by atoms with Crippen molar-refractivity contribution in [2.45, 2.75) is 30.9 Å². The van der Waals surface area contributed by atoms with E-state index in [9.17, 15) is 0 Å². The molecule has 0 radical (unpaired) electrons. The molecule has 0 unspecified atom stereocenters. The maximum absolute atomic E-state index is 6.18. The molecule has 2 nitrogen and oxygen atoms in total. The van der Waals surface area contributed by atoms with Gasteiger partial charge in [0.25, 0.3) is 0 Å². The Hall–Kier alpha value is -0.290. The third-order valence-corrected chi connectivity index (χ3v) is 5.30. The first-order valence-electron chi connectivity index (χ1n) is 6.55. The maximum Gasteiger partial charge on any atom is 0.147 e. The fraction of sp³-hybridized carbons (Fsp3) is 0.333. The monoisotopic (exact) mass is 404 g/mol. The second-order valence-corrected chi connectivity index (χ2v) is 7.67. The second-order valence-electron chi connectivity index (χ2n) is 5.03. The zero-order chi connectivity index (χ0) is 15.4. The van der Waals surface area contributed by atoms with Gasteiger partial charge < -0.3 is 0 Å². The Bertz CT molecular complexity index is 618. The van der Waals surface area contributed by atoms with Gasteiger partial charge in [0.2, 0.25) is 0 Å². The van der Waals surface area contributed by atoms with Gasteiger partial charge in [-0.25, -0.2) is 9.97 Å². The second kappa shape index (κ2) is 7.82. The van der Waals surface area contributed by atoms with Crippen molar-refractivity contribution in [3.8, 4) is 0 Å². The van der Waals surface area contributed by atoms with Crippen molar-refractivity contribution in [3.63, 3.8) is 0 Å². The summed E-state index contributed by atoms with van der Waals surface area (Å²) in [5.74, 6) is 1.95. The van der Waals surface area contributed by atoms with Gasteiger partial charge in [0, 0.05) is 9.92 Å². The van der Waals surface area contributed by atoms with Crippen LogP contribution in [0.3, 0.4) is 0 Å². The van der Waals surface area contributed by atoms with E-state index in [1.54, 1.807) is 11.8 Å². The van der Waals surface area contributed by atoms with Crippen molar-refractivity contribution in [2.24, 2.45) is 5.92 Å². The van der Waals surface area contributed by atoms with Crippen LogP contribution in [0.5, 0.6) is 0 Å². The molecular weight excluding hydrogens is 391 g/mol. The first-order chi connectivity index (χ1) is 9.95. The summed E-state index contributed by atoms with van der Waals surface area (Å²) >= 11 is 17.2. The molecule has 0 amide bonds. The van der Waals surface area contributed by atoms with Gasteiger partial charge in [0.15, 0.2) is 0 Å². The lowest BCUT2D eigenvalue weighted by atomic mass is 10.1. The highest BCUT2D eigenvalue weighted by atomic mass is 79.9. The minimum atomic E-state index is 0.479. The minimum Gasteiger partial charge on any atom is -0.236 e. The third kappa shape index (κ3) is 5.13. The molecule has 0 N–H and O–H groups in total. The lowest BCUT2D eigenvalue weighted by molar-refractivity contribution is 0.629.